The van der Waals surface area contributed by atoms with Crippen molar-refractivity contribution in [3.8, 4) is 11.8 Å². The van der Waals surface area contributed by atoms with Crippen LogP contribution in [0, 0.1) is 11.3 Å². The van der Waals surface area contributed by atoms with Crippen molar-refractivity contribution < 1.29 is 4.74 Å². The fourth-order valence-corrected chi connectivity index (χ4v) is 2.07. The lowest BCUT2D eigenvalue weighted by molar-refractivity contribution is 0.413. The molecular weight excluding hydrogens is 238 g/mol. The monoisotopic (exact) mass is 255 g/mol. The van der Waals surface area contributed by atoms with E-state index in [-0.39, 0.29) is 0 Å². The molecule has 1 heterocycles. The van der Waals surface area contributed by atoms with Gasteiger partial charge in [0.05, 0.1) is 12.7 Å². The number of nitrogens with one attached hydrogen (secondary N) is 1. The number of aromatic nitrogens is 1. The van der Waals surface area contributed by atoms with Gasteiger partial charge < -0.3 is 14.6 Å². The third-order valence-corrected chi connectivity index (χ3v) is 3.02. The van der Waals surface area contributed by atoms with Gasteiger partial charge in [-0.15, -0.1) is 0 Å². The van der Waals surface area contributed by atoms with Crippen molar-refractivity contribution in [1.29, 1.82) is 5.26 Å². The number of hydrogen-bond acceptors (Lipinski definition) is 3. The zero-order valence-electron chi connectivity index (χ0n) is 11.2. The molecule has 4 heteroatoms. The summed E-state index contributed by atoms with van der Waals surface area (Å²) in [5.74, 6) is 0.627. The maximum absolute atomic E-state index is 8.97. The lowest BCUT2D eigenvalue weighted by Crippen LogP contribution is -2.11. The van der Waals surface area contributed by atoms with Crippen molar-refractivity contribution in [1.82, 2.24) is 9.88 Å². The first-order valence-electron chi connectivity index (χ1n) is 6.14. The van der Waals surface area contributed by atoms with E-state index in [9.17, 15) is 0 Å². The molecule has 1 aromatic heterocycles. The lowest BCUT2D eigenvalue weighted by atomic mass is 10.1. The van der Waals surface area contributed by atoms with Crippen molar-refractivity contribution in [3.63, 3.8) is 0 Å². The van der Waals surface area contributed by atoms with Crippen LogP contribution in [0.1, 0.15) is 16.8 Å². The molecule has 0 spiro atoms. The van der Waals surface area contributed by atoms with E-state index in [0.29, 0.717) is 11.3 Å². The summed E-state index contributed by atoms with van der Waals surface area (Å²) in [7, 11) is 3.52. The summed E-state index contributed by atoms with van der Waals surface area (Å²) < 4.78 is 7.41. The highest BCUT2D eigenvalue weighted by Crippen LogP contribution is 2.20. The molecule has 0 atom stereocenters. The molecule has 2 aromatic rings. The number of ether oxygens (including phenoxy) is 1. The van der Waals surface area contributed by atoms with E-state index in [1.165, 1.54) is 5.69 Å². The number of nitrogens with zero attached hydrogens (tertiary/aromatic N) is 2. The van der Waals surface area contributed by atoms with E-state index in [1.54, 1.807) is 13.2 Å². The Kier molecular flexibility index (Phi) is 4.22. The third-order valence-electron chi connectivity index (χ3n) is 3.02. The zero-order valence-corrected chi connectivity index (χ0v) is 11.2. The largest absolute Gasteiger partial charge is 0.495 e. The average Bonchev–Trinajstić information content (AvgIpc) is 2.86. The first kappa shape index (κ1) is 13.2. The Balaban J connectivity index is 2.24. The quantitative estimate of drug-likeness (QED) is 0.890. The molecule has 1 aromatic carbocycles. The Bertz CT molecular complexity index is 596. The molecular formula is C15H17N3O. The van der Waals surface area contributed by atoms with Crippen LogP contribution in [0.25, 0.3) is 0 Å². The molecule has 0 aliphatic rings. The van der Waals surface area contributed by atoms with Crippen molar-refractivity contribution in [2.24, 2.45) is 0 Å². The molecule has 0 saturated heterocycles. The van der Waals surface area contributed by atoms with E-state index in [0.717, 1.165) is 18.7 Å². The Morgan fingerprint density at radius 1 is 1.37 bits per heavy atom. The molecule has 0 aliphatic carbocycles. The van der Waals surface area contributed by atoms with E-state index in [4.69, 9.17) is 10.00 Å². The highest BCUT2D eigenvalue weighted by molar-refractivity contribution is 5.45. The van der Waals surface area contributed by atoms with E-state index in [1.807, 2.05) is 25.2 Å². The molecule has 0 unspecified atom stereocenters. The topological polar surface area (TPSA) is 50.0 Å². The SMILES string of the molecule is CNCc1cccn1Cc1ccc(C#N)c(OC)c1. The van der Waals surface area contributed by atoms with Gasteiger partial charge in [0.2, 0.25) is 0 Å². The molecule has 4 nitrogen and oxygen atoms in total. The van der Waals surface area contributed by atoms with Crippen LogP contribution in [-0.4, -0.2) is 18.7 Å². The van der Waals surface area contributed by atoms with Gasteiger partial charge in [0.1, 0.15) is 11.8 Å². The number of hydrogen-bond donors (Lipinski definition) is 1. The van der Waals surface area contributed by atoms with Crippen LogP contribution in [0.3, 0.4) is 0 Å². The molecule has 0 saturated carbocycles. The summed E-state index contributed by atoms with van der Waals surface area (Å²) in [5, 5.41) is 12.1. The predicted molar refractivity (Wildman–Crippen MR) is 74.0 cm³/mol. The molecule has 0 amide bonds. The van der Waals surface area contributed by atoms with Gasteiger partial charge in [-0.2, -0.15) is 5.26 Å². The van der Waals surface area contributed by atoms with Gasteiger partial charge >= 0.3 is 0 Å². The van der Waals surface area contributed by atoms with Crippen LogP contribution < -0.4 is 10.1 Å². The van der Waals surface area contributed by atoms with E-state index < -0.39 is 0 Å². The maximum Gasteiger partial charge on any atom is 0.136 e. The van der Waals surface area contributed by atoms with Crippen LogP contribution in [-0.2, 0) is 13.1 Å². The van der Waals surface area contributed by atoms with E-state index >= 15 is 0 Å². The molecule has 19 heavy (non-hydrogen) atoms. The minimum absolute atomic E-state index is 0.564. The minimum Gasteiger partial charge on any atom is -0.495 e. The van der Waals surface area contributed by atoms with Crippen molar-refractivity contribution in [3.05, 3.63) is 53.3 Å². The second-order valence-corrected chi connectivity index (χ2v) is 4.30. The number of benzene rings is 1. The zero-order chi connectivity index (χ0) is 13.7. The van der Waals surface area contributed by atoms with Crippen molar-refractivity contribution in [2.75, 3.05) is 14.2 Å². The Hall–Kier alpha value is -2.25. The second kappa shape index (κ2) is 6.07. The summed E-state index contributed by atoms with van der Waals surface area (Å²) >= 11 is 0. The van der Waals surface area contributed by atoms with Gasteiger partial charge in [0.15, 0.2) is 0 Å². The molecule has 0 fully saturated rings. The van der Waals surface area contributed by atoms with Crippen LogP contribution in [0.4, 0.5) is 0 Å². The van der Waals surface area contributed by atoms with Gasteiger partial charge in [0.25, 0.3) is 0 Å². The highest BCUT2D eigenvalue weighted by Gasteiger charge is 2.05. The first-order chi connectivity index (χ1) is 9.28. The maximum atomic E-state index is 8.97. The van der Waals surface area contributed by atoms with Crippen LogP contribution >= 0.6 is 0 Å². The van der Waals surface area contributed by atoms with Crippen LogP contribution in [0.2, 0.25) is 0 Å². The molecule has 98 valence electrons. The normalized spacial score (nSPS) is 10.2. The smallest absolute Gasteiger partial charge is 0.136 e. The lowest BCUT2D eigenvalue weighted by Gasteiger charge is -2.11. The molecule has 2 rings (SSSR count). The molecule has 1 N–H and O–H groups in total. The summed E-state index contributed by atoms with van der Waals surface area (Å²) in [6.45, 7) is 1.60. The number of rotatable bonds is 5. The highest BCUT2D eigenvalue weighted by atomic mass is 16.5. The van der Waals surface area contributed by atoms with Gasteiger partial charge in [-0.25, -0.2) is 0 Å². The summed E-state index contributed by atoms with van der Waals surface area (Å²) in [6.07, 6.45) is 2.05. The summed E-state index contributed by atoms with van der Waals surface area (Å²) in [6, 6.07) is 11.9. The molecule has 0 radical (unpaired) electrons. The Labute approximate surface area is 113 Å². The predicted octanol–water partition coefficient (Wildman–Crippen LogP) is 2.14. The fraction of sp³-hybridized carbons (Fsp3) is 0.267. The Morgan fingerprint density at radius 2 is 2.21 bits per heavy atom. The molecule has 0 bridgehead atoms. The van der Waals surface area contributed by atoms with Gasteiger partial charge in [-0.3, -0.25) is 0 Å². The van der Waals surface area contributed by atoms with Crippen LogP contribution in [0.5, 0.6) is 5.75 Å². The van der Waals surface area contributed by atoms with E-state index in [2.05, 4.69) is 28.2 Å². The van der Waals surface area contributed by atoms with Gasteiger partial charge in [-0.05, 0) is 36.9 Å². The first-order valence-corrected chi connectivity index (χ1v) is 6.14. The van der Waals surface area contributed by atoms with Crippen molar-refractivity contribution >= 4 is 0 Å². The fourth-order valence-electron chi connectivity index (χ4n) is 2.07. The summed E-state index contributed by atoms with van der Waals surface area (Å²) in [4.78, 5) is 0. The average molecular weight is 255 g/mol. The Morgan fingerprint density at radius 3 is 2.89 bits per heavy atom. The number of nitriles is 1. The summed E-state index contributed by atoms with van der Waals surface area (Å²) in [5.41, 5.74) is 2.91. The van der Waals surface area contributed by atoms with Crippen molar-refractivity contribution in [2.45, 2.75) is 13.1 Å². The third kappa shape index (κ3) is 2.95. The minimum atomic E-state index is 0.564. The van der Waals surface area contributed by atoms with Crippen LogP contribution in [0.15, 0.2) is 36.5 Å². The van der Waals surface area contributed by atoms with Gasteiger partial charge in [-0.1, -0.05) is 6.07 Å². The number of methoxy groups -OCH3 is 1. The standard InChI is InChI=1S/C15H17N3O/c1-17-10-14-4-3-7-18(14)11-12-5-6-13(9-16)15(8-12)19-2/h3-8,17H,10-11H2,1-2H3. The van der Waals surface area contributed by atoms with Gasteiger partial charge in [0, 0.05) is 25.0 Å². The second-order valence-electron chi connectivity index (χ2n) is 4.30. The molecule has 0 aliphatic heterocycles.